The van der Waals surface area contributed by atoms with Crippen molar-refractivity contribution in [2.75, 3.05) is 23.3 Å². The van der Waals surface area contributed by atoms with E-state index in [0.29, 0.717) is 17.4 Å². The molecule has 8 heteroatoms. The molecule has 1 aliphatic heterocycles. The lowest BCUT2D eigenvalue weighted by Gasteiger charge is -2.21. The van der Waals surface area contributed by atoms with Gasteiger partial charge in [-0.15, -0.1) is 0 Å². The van der Waals surface area contributed by atoms with Crippen molar-refractivity contribution >= 4 is 29.1 Å². The van der Waals surface area contributed by atoms with Gasteiger partial charge in [0.15, 0.2) is 11.6 Å². The zero-order valence-electron chi connectivity index (χ0n) is 18.0. The molecule has 0 aliphatic carbocycles. The highest BCUT2D eigenvalue weighted by atomic mass is 35.5. The van der Waals surface area contributed by atoms with E-state index in [-0.39, 0.29) is 24.1 Å². The number of amides is 1. The zero-order valence-corrected chi connectivity index (χ0v) is 18.7. The smallest absolute Gasteiger partial charge is 0.217 e. The summed E-state index contributed by atoms with van der Waals surface area (Å²) in [6, 6.07) is 8.12. The first-order valence-electron chi connectivity index (χ1n) is 10.4. The SMILES string of the molecule is CCC(C)Nc1ncnc(N2CC[C@@H](Oc3ccc([C@H](C)NC(C)=O)cc3)C2)c1Cl. The number of carbonyl (C=O) groups is 1. The molecule has 30 heavy (non-hydrogen) atoms. The summed E-state index contributed by atoms with van der Waals surface area (Å²) in [5.41, 5.74) is 1.04. The maximum atomic E-state index is 11.2. The molecule has 1 aromatic heterocycles. The van der Waals surface area contributed by atoms with Crippen LogP contribution in [-0.2, 0) is 4.79 Å². The number of rotatable bonds is 8. The quantitative estimate of drug-likeness (QED) is 0.652. The molecule has 1 aromatic carbocycles. The van der Waals surface area contributed by atoms with Crippen molar-refractivity contribution in [1.82, 2.24) is 15.3 Å². The highest BCUT2D eigenvalue weighted by Gasteiger charge is 2.27. The lowest BCUT2D eigenvalue weighted by molar-refractivity contribution is -0.119. The first-order valence-corrected chi connectivity index (χ1v) is 10.8. The van der Waals surface area contributed by atoms with Gasteiger partial charge in [0.25, 0.3) is 0 Å². The number of aromatic nitrogens is 2. The van der Waals surface area contributed by atoms with Crippen LogP contribution in [0.15, 0.2) is 30.6 Å². The van der Waals surface area contributed by atoms with Crippen LogP contribution in [0.5, 0.6) is 5.75 Å². The molecule has 1 unspecified atom stereocenters. The lowest BCUT2D eigenvalue weighted by Crippen LogP contribution is -2.26. The normalized spacial score (nSPS) is 18.0. The van der Waals surface area contributed by atoms with Gasteiger partial charge in [-0.3, -0.25) is 4.79 Å². The zero-order chi connectivity index (χ0) is 21.7. The minimum Gasteiger partial charge on any atom is -0.489 e. The molecule has 0 bridgehead atoms. The van der Waals surface area contributed by atoms with Gasteiger partial charge in [0.05, 0.1) is 12.6 Å². The molecular weight excluding hydrogens is 402 g/mol. The molecule has 2 N–H and O–H groups in total. The topological polar surface area (TPSA) is 79.4 Å². The van der Waals surface area contributed by atoms with Crippen LogP contribution in [-0.4, -0.2) is 41.1 Å². The number of hydrogen-bond acceptors (Lipinski definition) is 6. The number of nitrogens with zero attached hydrogens (tertiary/aromatic N) is 3. The molecule has 7 nitrogen and oxygen atoms in total. The summed E-state index contributed by atoms with van der Waals surface area (Å²) in [6.07, 6.45) is 3.48. The van der Waals surface area contributed by atoms with Crippen LogP contribution in [0.3, 0.4) is 0 Å². The average Bonchev–Trinajstić information content (AvgIpc) is 3.17. The molecule has 0 saturated carbocycles. The summed E-state index contributed by atoms with van der Waals surface area (Å²) >= 11 is 6.58. The maximum Gasteiger partial charge on any atom is 0.217 e. The molecule has 3 rings (SSSR count). The molecule has 1 fully saturated rings. The summed E-state index contributed by atoms with van der Waals surface area (Å²) in [5.74, 6) is 2.18. The average molecular weight is 432 g/mol. The third kappa shape index (κ3) is 5.53. The molecule has 162 valence electrons. The number of anilines is 2. The second kappa shape index (κ2) is 9.98. The number of hydrogen-bond donors (Lipinski definition) is 2. The fourth-order valence-corrected chi connectivity index (χ4v) is 3.72. The Morgan fingerprint density at radius 2 is 2.03 bits per heavy atom. The molecular formula is C22H30ClN5O2. The van der Waals surface area contributed by atoms with Crippen molar-refractivity contribution in [3.63, 3.8) is 0 Å². The van der Waals surface area contributed by atoms with Gasteiger partial charge in [-0.2, -0.15) is 0 Å². The van der Waals surface area contributed by atoms with Gasteiger partial charge in [0.1, 0.15) is 23.2 Å². The Kier molecular flexibility index (Phi) is 7.37. The van der Waals surface area contributed by atoms with E-state index in [1.54, 1.807) is 6.33 Å². The third-order valence-electron chi connectivity index (χ3n) is 5.31. The fourth-order valence-electron chi connectivity index (χ4n) is 3.45. The summed E-state index contributed by atoms with van der Waals surface area (Å²) < 4.78 is 6.16. The molecule has 0 radical (unpaired) electrons. The van der Waals surface area contributed by atoms with Crippen LogP contribution in [0, 0.1) is 0 Å². The monoisotopic (exact) mass is 431 g/mol. The summed E-state index contributed by atoms with van der Waals surface area (Å²) in [4.78, 5) is 22.1. The Bertz CT molecular complexity index is 861. The van der Waals surface area contributed by atoms with Gasteiger partial charge in [-0.1, -0.05) is 30.7 Å². The van der Waals surface area contributed by atoms with Gasteiger partial charge >= 0.3 is 0 Å². The first kappa shape index (κ1) is 22.2. The predicted molar refractivity (Wildman–Crippen MR) is 120 cm³/mol. The lowest BCUT2D eigenvalue weighted by atomic mass is 10.1. The molecule has 2 heterocycles. The molecule has 3 atom stereocenters. The number of halogens is 1. The maximum absolute atomic E-state index is 11.2. The minimum atomic E-state index is -0.0419. The Labute approximate surface area is 183 Å². The number of benzene rings is 1. The van der Waals surface area contributed by atoms with E-state index in [0.717, 1.165) is 36.5 Å². The van der Waals surface area contributed by atoms with Crippen molar-refractivity contribution < 1.29 is 9.53 Å². The van der Waals surface area contributed by atoms with Crippen LogP contribution in [0.25, 0.3) is 0 Å². The van der Waals surface area contributed by atoms with Crippen LogP contribution in [0.2, 0.25) is 5.02 Å². The molecule has 2 aromatic rings. The highest BCUT2D eigenvalue weighted by molar-refractivity contribution is 6.35. The summed E-state index contributed by atoms with van der Waals surface area (Å²) in [7, 11) is 0. The van der Waals surface area contributed by atoms with E-state index in [1.165, 1.54) is 6.92 Å². The molecule has 1 amide bonds. The Morgan fingerprint density at radius 3 is 2.70 bits per heavy atom. The minimum absolute atomic E-state index is 0.0309. The number of nitrogens with one attached hydrogen (secondary N) is 2. The van der Waals surface area contributed by atoms with Gasteiger partial charge in [0.2, 0.25) is 5.91 Å². The van der Waals surface area contributed by atoms with Crippen molar-refractivity contribution in [3.05, 3.63) is 41.2 Å². The van der Waals surface area contributed by atoms with E-state index in [2.05, 4.69) is 39.3 Å². The number of carbonyl (C=O) groups excluding carboxylic acids is 1. The molecule has 0 spiro atoms. The van der Waals surface area contributed by atoms with E-state index in [4.69, 9.17) is 16.3 Å². The van der Waals surface area contributed by atoms with Crippen molar-refractivity contribution in [2.45, 2.75) is 58.7 Å². The first-order chi connectivity index (χ1) is 14.4. The second-order valence-electron chi connectivity index (χ2n) is 7.78. The van der Waals surface area contributed by atoms with Gasteiger partial charge in [-0.05, 0) is 38.0 Å². The Morgan fingerprint density at radius 1 is 1.30 bits per heavy atom. The standard InChI is InChI=1S/C22H30ClN5O2/c1-5-14(2)26-21-20(23)22(25-13-24-21)28-11-10-19(12-28)30-18-8-6-17(7-9-18)15(3)27-16(4)29/h6-9,13-15,19H,5,10-12H2,1-4H3,(H,27,29)(H,24,25,26)/t14?,15-,19+/m0/s1. The van der Waals surface area contributed by atoms with E-state index >= 15 is 0 Å². The fraction of sp³-hybridized carbons (Fsp3) is 0.500. The van der Waals surface area contributed by atoms with Crippen LogP contribution in [0.1, 0.15) is 52.1 Å². The second-order valence-corrected chi connectivity index (χ2v) is 8.16. The van der Waals surface area contributed by atoms with Gasteiger partial charge in [-0.25, -0.2) is 9.97 Å². The molecule has 1 saturated heterocycles. The van der Waals surface area contributed by atoms with Crippen molar-refractivity contribution in [2.24, 2.45) is 0 Å². The van der Waals surface area contributed by atoms with Gasteiger partial charge in [0, 0.05) is 25.9 Å². The van der Waals surface area contributed by atoms with E-state index in [1.807, 2.05) is 31.2 Å². The van der Waals surface area contributed by atoms with Crippen LogP contribution < -0.4 is 20.3 Å². The van der Waals surface area contributed by atoms with Crippen LogP contribution in [0.4, 0.5) is 11.6 Å². The predicted octanol–water partition coefficient (Wildman–Crippen LogP) is 4.20. The van der Waals surface area contributed by atoms with Crippen LogP contribution >= 0.6 is 11.6 Å². The van der Waals surface area contributed by atoms with E-state index < -0.39 is 0 Å². The van der Waals surface area contributed by atoms with Crippen molar-refractivity contribution in [3.8, 4) is 5.75 Å². The Hall–Kier alpha value is -2.54. The largest absolute Gasteiger partial charge is 0.489 e. The number of ether oxygens (including phenoxy) is 1. The summed E-state index contributed by atoms with van der Waals surface area (Å²) in [5, 5.41) is 6.77. The van der Waals surface area contributed by atoms with E-state index in [9.17, 15) is 4.79 Å². The molecule has 1 aliphatic rings. The third-order valence-corrected chi connectivity index (χ3v) is 5.66. The summed E-state index contributed by atoms with van der Waals surface area (Å²) in [6.45, 7) is 9.23. The van der Waals surface area contributed by atoms with Crippen molar-refractivity contribution in [1.29, 1.82) is 0 Å². The highest BCUT2D eigenvalue weighted by Crippen LogP contribution is 2.32. The Balaban J connectivity index is 1.61. The van der Waals surface area contributed by atoms with Gasteiger partial charge < -0.3 is 20.3 Å².